The number of nitrogens with zero attached hydrogens (tertiary/aromatic N) is 2. The van der Waals surface area contributed by atoms with Crippen molar-refractivity contribution < 1.29 is 19.7 Å². The molecule has 90 valence electrons. The molecule has 0 spiro atoms. The molecule has 0 aliphatic heterocycles. The first kappa shape index (κ1) is 14.1. The highest BCUT2D eigenvalue weighted by molar-refractivity contribution is 6.36. The van der Waals surface area contributed by atoms with Crippen LogP contribution in [-0.4, -0.2) is 35.0 Å². The van der Waals surface area contributed by atoms with Crippen LogP contribution in [0.4, 0.5) is 0 Å². The Hall–Kier alpha value is -1.92. The SMILES string of the molecule is C=CCOC(=O)/C(CCCC[N+](=O)[O-])=N/O. The zero-order valence-electron chi connectivity index (χ0n) is 8.79. The minimum absolute atomic E-state index is 0.0345. The van der Waals surface area contributed by atoms with E-state index in [-0.39, 0.29) is 25.3 Å². The first-order chi connectivity index (χ1) is 7.61. The fourth-order valence-electron chi connectivity index (χ4n) is 0.944. The number of nitro groups is 1. The van der Waals surface area contributed by atoms with Crippen LogP contribution in [-0.2, 0) is 9.53 Å². The van der Waals surface area contributed by atoms with Crippen molar-refractivity contribution in [3.8, 4) is 0 Å². The Balaban J connectivity index is 3.88. The Morgan fingerprint density at radius 2 is 2.25 bits per heavy atom. The molecule has 0 aliphatic carbocycles. The van der Waals surface area contributed by atoms with Crippen LogP contribution in [0, 0.1) is 10.1 Å². The van der Waals surface area contributed by atoms with Crippen molar-refractivity contribution in [3.05, 3.63) is 22.8 Å². The summed E-state index contributed by atoms with van der Waals surface area (Å²) >= 11 is 0. The summed E-state index contributed by atoms with van der Waals surface area (Å²) in [5, 5.41) is 21.3. The van der Waals surface area contributed by atoms with E-state index in [1.807, 2.05) is 0 Å². The molecule has 0 saturated carbocycles. The Bertz CT molecular complexity index is 288. The van der Waals surface area contributed by atoms with Crippen LogP contribution in [0.1, 0.15) is 19.3 Å². The Kier molecular flexibility index (Phi) is 7.39. The lowest BCUT2D eigenvalue weighted by atomic mass is 10.1. The Labute approximate surface area is 92.5 Å². The number of hydrogen-bond acceptors (Lipinski definition) is 6. The zero-order valence-corrected chi connectivity index (χ0v) is 8.79. The van der Waals surface area contributed by atoms with Gasteiger partial charge in [-0.3, -0.25) is 10.1 Å². The van der Waals surface area contributed by atoms with Crippen molar-refractivity contribution in [2.24, 2.45) is 5.16 Å². The number of esters is 1. The van der Waals surface area contributed by atoms with Crippen LogP contribution in [0.15, 0.2) is 17.8 Å². The first-order valence-corrected chi connectivity index (χ1v) is 4.72. The molecule has 0 amide bonds. The van der Waals surface area contributed by atoms with E-state index in [9.17, 15) is 14.9 Å². The van der Waals surface area contributed by atoms with Gasteiger partial charge >= 0.3 is 5.97 Å². The van der Waals surface area contributed by atoms with Crippen molar-refractivity contribution in [1.82, 2.24) is 0 Å². The number of hydrogen-bond donors (Lipinski definition) is 1. The average Bonchev–Trinajstić information content (AvgIpc) is 2.25. The maximum Gasteiger partial charge on any atom is 0.356 e. The summed E-state index contributed by atoms with van der Waals surface area (Å²) < 4.78 is 4.64. The van der Waals surface area contributed by atoms with E-state index in [4.69, 9.17) is 5.21 Å². The van der Waals surface area contributed by atoms with Gasteiger partial charge in [0.1, 0.15) is 6.61 Å². The highest BCUT2D eigenvalue weighted by atomic mass is 16.6. The van der Waals surface area contributed by atoms with Crippen LogP contribution in [0.3, 0.4) is 0 Å². The number of carbonyl (C=O) groups is 1. The van der Waals surface area contributed by atoms with Crippen LogP contribution in [0.25, 0.3) is 0 Å². The second kappa shape index (κ2) is 8.39. The smallest absolute Gasteiger partial charge is 0.356 e. The number of oxime groups is 1. The van der Waals surface area contributed by atoms with Gasteiger partial charge in [0.15, 0.2) is 5.71 Å². The lowest BCUT2D eigenvalue weighted by Gasteiger charge is -2.02. The van der Waals surface area contributed by atoms with E-state index >= 15 is 0 Å². The van der Waals surface area contributed by atoms with Gasteiger partial charge in [-0.15, -0.1) is 0 Å². The molecule has 7 nitrogen and oxygen atoms in total. The molecule has 0 fully saturated rings. The molecule has 0 aromatic rings. The average molecular weight is 230 g/mol. The molecule has 0 bridgehead atoms. The minimum atomic E-state index is -0.733. The van der Waals surface area contributed by atoms with Gasteiger partial charge in [-0.2, -0.15) is 0 Å². The summed E-state index contributed by atoms with van der Waals surface area (Å²) in [7, 11) is 0. The monoisotopic (exact) mass is 230 g/mol. The van der Waals surface area contributed by atoms with Crippen LogP contribution in [0.2, 0.25) is 0 Å². The van der Waals surface area contributed by atoms with Gasteiger partial charge in [-0.05, 0) is 6.42 Å². The second-order valence-electron chi connectivity index (χ2n) is 2.95. The molecule has 0 rings (SSSR count). The molecule has 0 unspecified atom stereocenters. The number of ether oxygens (including phenoxy) is 1. The molecule has 0 saturated heterocycles. The van der Waals surface area contributed by atoms with Gasteiger partial charge in [0, 0.05) is 17.8 Å². The Morgan fingerprint density at radius 3 is 2.75 bits per heavy atom. The lowest BCUT2D eigenvalue weighted by Crippen LogP contribution is -2.18. The fourth-order valence-corrected chi connectivity index (χ4v) is 0.944. The van der Waals surface area contributed by atoms with Crippen molar-refractivity contribution >= 4 is 11.7 Å². The summed E-state index contributed by atoms with van der Waals surface area (Å²) in [6.07, 6.45) is 2.25. The van der Waals surface area contributed by atoms with Crippen molar-refractivity contribution in [2.75, 3.05) is 13.2 Å². The third kappa shape index (κ3) is 6.52. The predicted octanol–water partition coefficient (Wildman–Crippen LogP) is 0.993. The molecule has 0 aliphatic rings. The van der Waals surface area contributed by atoms with Gasteiger partial charge in [-0.1, -0.05) is 17.8 Å². The third-order valence-electron chi connectivity index (χ3n) is 1.69. The lowest BCUT2D eigenvalue weighted by molar-refractivity contribution is -0.480. The van der Waals surface area contributed by atoms with E-state index in [1.54, 1.807) is 0 Å². The molecule has 1 N–H and O–H groups in total. The summed E-state index contributed by atoms with van der Waals surface area (Å²) in [5.41, 5.74) is -0.134. The first-order valence-electron chi connectivity index (χ1n) is 4.72. The second-order valence-corrected chi connectivity index (χ2v) is 2.95. The maximum absolute atomic E-state index is 11.2. The van der Waals surface area contributed by atoms with Crippen LogP contribution >= 0.6 is 0 Å². The highest BCUT2D eigenvalue weighted by Gasteiger charge is 2.13. The third-order valence-corrected chi connectivity index (χ3v) is 1.69. The van der Waals surface area contributed by atoms with Gasteiger partial charge in [0.2, 0.25) is 6.54 Å². The normalized spacial score (nSPS) is 10.9. The van der Waals surface area contributed by atoms with E-state index < -0.39 is 10.9 Å². The molecular formula is C9H14N2O5. The number of carbonyl (C=O) groups excluding carboxylic acids is 1. The van der Waals surface area contributed by atoms with Crippen LogP contribution < -0.4 is 0 Å². The van der Waals surface area contributed by atoms with Gasteiger partial charge < -0.3 is 9.94 Å². The quantitative estimate of drug-likeness (QED) is 0.127. The van der Waals surface area contributed by atoms with E-state index in [0.29, 0.717) is 12.8 Å². The molecule has 16 heavy (non-hydrogen) atoms. The van der Waals surface area contributed by atoms with Gasteiger partial charge in [-0.25, -0.2) is 4.79 Å². The van der Waals surface area contributed by atoms with Crippen molar-refractivity contribution in [2.45, 2.75) is 19.3 Å². The molecule has 0 atom stereocenters. The zero-order chi connectivity index (χ0) is 12.4. The molecular weight excluding hydrogens is 216 g/mol. The molecule has 0 radical (unpaired) electrons. The molecule has 7 heteroatoms. The summed E-state index contributed by atoms with van der Waals surface area (Å²) in [5.74, 6) is -0.733. The minimum Gasteiger partial charge on any atom is -0.457 e. The van der Waals surface area contributed by atoms with Crippen molar-refractivity contribution in [1.29, 1.82) is 0 Å². The molecule has 0 aromatic heterocycles. The fraction of sp³-hybridized carbons (Fsp3) is 0.556. The van der Waals surface area contributed by atoms with E-state index in [1.165, 1.54) is 6.08 Å². The topological polar surface area (TPSA) is 102 Å². The van der Waals surface area contributed by atoms with E-state index in [0.717, 1.165) is 0 Å². The number of rotatable bonds is 8. The number of unbranched alkanes of at least 4 members (excludes halogenated alkanes) is 1. The molecule has 0 heterocycles. The van der Waals surface area contributed by atoms with Gasteiger partial charge in [0.05, 0.1) is 0 Å². The van der Waals surface area contributed by atoms with Crippen molar-refractivity contribution in [3.63, 3.8) is 0 Å². The predicted molar refractivity (Wildman–Crippen MR) is 56.1 cm³/mol. The standard InChI is InChI=1S/C9H14N2O5/c1-2-7-16-9(12)8(10-13)5-3-4-6-11(14)15/h2,13H,1,3-7H2/b10-8+. The largest absolute Gasteiger partial charge is 0.457 e. The maximum atomic E-state index is 11.2. The highest BCUT2D eigenvalue weighted by Crippen LogP contribution is 2.00. The van der Waals surface area contributed by atoms with Gasteiger partial charge in [0.25, 0.3) is 0 Å². The van der Waals surface area contributed by atoms with Crippen LogP contribution in [0.5, 0.6) is 0 Å². The Morgan fingerprint density at radius 1 is 1.56 bits per heavy atom. The summed E-state index contributed by atoms with van der Waals surface area (Å²) in [4.78, 5) is 20.7. The summed E-state index contributed by atoms with van der Waals surface area (Å²) in [6, 6.07) is 0. The van der Waals surface area contributed by atoms with E-state index in [2.05, 4.69) is 16.5 Å². The summed E-state index contributed by atoms with van der Waals surface area (Å²) in [6.45, 7) is 3.23. The molecule has 0 aromatic carbocycles.